The highest BCUT2D eigenvalue weighted by Crippen LogP contribution is 2.24. The van der Waals surface area contributed by atoms with Crippen LogP contribution in [0.4, 0.5) is 0 Å². The van der Waals surface area contributed by atoms with Gasteiger partial charge >= 0.3 is 0 Å². The zero-order chi connectivity index (χ0) is 10.7. The highest BCUT2D eigenvalue weighted by atomic mass is 35.5. The Balaban J connectivity index is 1.83. The van der Waals surface area contributed by atoms with Crippen molar-refractivity contribution in [3.05, 3.63) is 23.4 Å². The maximum Gasteiger partial charge on any atom is 0.130 e. The van der Waals surface area contributed by atoms with E-state index in [1.807, 2.05) is 30.0 Å². The van der Waals surface area contributed by atoms with Gasteiger partial charge in [-0.3, -0.25) is 0 Å². The van der Waals surface area contributed by atoms with Gasteiger partial charge in [0, 0.05) is 12.3 Å². The van der Waals surface area contributed by atoms with E-state index in [2.05, 4.69) is 16.9 Å². The fourth-order valence-electron chi connectivity index (χ4n) is 1.84. The smallest absolute Gasteiger partial charge is 0.130 e. The Labute approximate surface area is 100 Å². The van der Waals surface area contributed by atoms with Gasteiger partial charge in [0.15, 0.2) is 0 Å². The van der Waals surface area contributed by atoms with E-state index in [1.54, 1.807) is 0 Å². The molecule has 0 aliphatic carbocycles. The van der Waals surface area contributed by atoms with Crippen molar-refractivity contribution < 1.29 is 0 Å². The summed E-state index contributed by atoms with van der Waals surface area (Å²) in [5.74, 6) is 1.96. The van der Waals surface area contributed by atoms with Gasteiger partial charge in [0.25, 0.3) is 0 Å². The summed E-state index contributed by atoms with van der Waals surface area (Å²) in [5, 5.41) is 1.63. The lowest BCUT2D eigenvalue weighted by Gasteiger charge is -2.09. The zero-order valence-electron chi connectivity index (χ0n) is 8.82. The largest absolute Gasteiger partial charge is 0.306 e. The number of rotatable bonds is 3. The van der Waals surface area contributed by atoms with E-state index in [1.165, 1.54) is 19.5 Å². The number of likely N-dealkylation sites (tertiary alicyclic amines) is 1. The summed E-state index contributed by atoms with van der Waals surface area (Å²) in [6, 6.07) is 5.79. The molecule has 2 heterocycles. The molecule has 1 fully saturated rings. The van der Waals surface area contributed by atoms with Crippen molar-refractivity contribution in [1.82, 2.24) is 9.88 Å². The maximum absolute atomic E-state index is 5.83. The molecule has 2 nitrogen and oxygen atoms in total. The van der Waals surface area contributed by atoms with Crippen LogP contribution in [0.15, 0.2) is 23.2 Å². The number of thioether (sulfide) groups is 1. The van der Waals surface area contributed by atoms with Crippen LogP contribution in [0.2, 0.25) is 5.15 Å². The van der Waals surface area contributed by atoms with Gasteiger partial charge in [0.2, 0.25) is 0 Å². The van der Waals surface area contributed by atoms with Gasteiger partial charge in [-0.15, -0.1) is 11.8 Å². The first-order valence-corrected chi connectivity index (χ1v) is 6.54. The zero-order valence-corrected chi connectivity index (χ0v) is 10.4. The molecular weight excluding hydrogens is 228 g/mol. The lowest BCUT2D eigenvalue weighted by Crippen LogP contribution is -2.14. The quantitative estimate of drug-likeness (QED) is 0.599. The highest BCUT2D eigenvalue weighted by molar-refractivity contribution is 7.99. The predicted octanol–water partition coefficient (Wildman–Crippen LogP) is 2.78. The van der Waals surface area contributed by atoms with Crippen LogP contribution in [0.3, 0.4) is 0 Å². The van der Waals surface area contributed by atoms with E-state index in [4.69, 9.17) is 11.6 Å². The molecule has 1 aliphatic rings. The Morgan fingerprint density at radius 2 is 2.47 bits per heavy atom. The van der Waals surface area contributed by atoms with Gasteiger partial charge in [-0.05, 0) is 38.1 Å². The Kier molecular flexibility index (Phi) is 3.89. The Morgan fingerprint density at radius 3 is 3.13 bits per heavy atom. The van der Waals surface area contributed by atoms with Crippen LogP contribution in [0, 0.1) is 5.92 Å². The minimum Gasteiger partial charge on any atom is -0.306 e. The molecule has 0 bridgehead atoms. The molecule has 4 heteroatoms. The molecule has 1 saturated heterocycles. The number of pyridine rings is 1. The highest BCUT2D eigenvalue weighted by Gasteiger charge is 2.19. The summed E-state index contributed by atoms with van der Waals surface area (Å²) in [5.41, 5.74) is 0. The molecular formula is C11H15ClN2S. The summed E-state index contributed by atoms with van der Waals surface area (Å²) in [4.78, 5) is 6.65. The third-order valence-corrected chi connectivity index (χ3v) is 4.02. The molecule has 1 atom stereocenters. The second-order valence-corrected chi connectivity index (χ2v) is 5.45. The Morgan fingerprint density at radius 1 is 1.60 bits per heavy atom. The number of halogens is 1. The average molecular weight is 243 g/mol. The normalized spacial score (nSPS) is 22.1. The second-order valence-electron chi connectivity index (χ2n) is 4.03. The molecule has 0 amide bonds. The molecule has 1 unspecified atom stereocenters. The summed E-state index contributed by atoms with van der Waals surface area (Å²) in [6.45, 7) is 2.45. The molecule has 0 saturated carbocycles. The number of hydrogen-bond donors (Lipinski definition) is 0. The van der Waals surface area contributed by atoms with Crippen molar-refractivity contribution in [3.8, 4) is 0 Å². The molecule has 82 valence electrons. The predicted molar refractivity (Wildman–Crippen MR) is 65.6 cm³/mol. The Hall–Kier alpha value is -0.250. The van der Waals surface area contributed by atoms with E-state index < -0.39 is 0 Å². The summed E-state index contributed by atoms with van der Waals surface area (Å²) in [6.07, 6.45) is 1.31. The van der Waals surface area contributed by atoms with Crippen molar-refractivity contribution in [3.63, 3.8) is 0 Å². The van der Waals surface area contributed by atoms with Crippen molar-refractivity contribution in [2.75, 3.05) is 25.9 Å². The average Bonchev–Trinajstić information content (AvgIpc) is 2.62. The van der Waals surface area contributed by atoms with Crippen LogP contribution in [-0.2, 0) is 0 Å². The minimum atomic E-state index is 0.587. The minimum absolute atomic E-state index is 0.587. The number of hydrogen-bond acceptors (Lipinski definition) is 3. The lowest BCUT2D eigenvalue weighted by atomic mass is 10.2. The van der Waals surface area contributed by atoms with Gasteiger partial charge in [-0.2, -0.15) is 0 Å². The lowest BCUT2D eigenvalue weighted by molar-refractivity contribution is 0.403. The summed E-state index contributed by atoms with van der Waals surface area (Å²) < 4.78 is 0. The fourth-order valence-corrected chi connectivity index (χ4v) is 3.07. The van der Waals surface area contributed by atoms with Crippen LogP contribution >= 0.6 is 23.4 Å². The van der Waals surface area contributed by atoms with Crippen LogP contribution in [-0.4, -0.2) is 35.8 Å². The monoisotopic (exact) mass is 242 g/mol. The molecule has 1 aromatic rings. The molecule has 0 aromatic carbocycles. The van der Waals surface area contributed by atoms with Gasteiger partial charge < -0.3 is 4.90 Å². The van der Waals surface area contributed by atoms with E-state index in [9.17, 15) is 0 Å². The first-order valence-electron chi connectivity index (χ1n) is 5.18. The van der Waals surface area contributed by atoms with Gasteiger partial charge in [-0.25, -0.2) is 4.98 Å². The molecule has 0 N–H and O–H groups in total. The number of nitrogens with zero attached hydrogens (tertiary/aromatic N) is 2. The van der Waals surface area contributed by atoms with Gasteiger partial charge in [0.05, 0.1) is 5.03 Å². The van der Waals surface area contributed by atoms with Gasteiger partial charge in [-0.1, -0.05) is 17.7 Å². The van der Waals surface area contributed by atoms with Crippen molar-refractivity contribution in [2.24, 2.45) is 5.92 Å². The third kappa shape index (κ3) is 3.37. The second kappa shape index (κ2) is 5.19. The van der Waals surface area contributed by atoms with Crippen LogP contribution in [0.1, 0.15) is 6.42 Å². The van der Waals surface area contributed by atoms with Crippen molar-refractivity contribution in [2.45, 2.75) is 11.4 Å². The first kappa shape index (κ1) is 11.2. The Bertz CT molecular complexity index is 332. The molecule has 2 rings (SSSR count). The fraction of sp³-hybridized carbons (Fsp3) is 0.545. The third-order valence-electron chi connectivity index (χ3n) is 2.65. The van der Waals surface area contributed by atoms with Crippen molar-refractivity contribution in [1.29, 1.82) is 0 Å². The molecule has 1 aromatic heterocycles. The molecule has 0 radical (unpaired) electrons. The summed E-state index contributed by atoms with van der Waals surface area (Å²) >= 11 is 7.64. The van der Waals surface area contributed by atoms with Crippen LogP contribution < -0.4 is 0 Å². The van der Waals surface area contributed by atoms with E-state index in [0.29, 0.717) is 5.15 Å². The molecule has 1 aliphatic heterocycles. The van der Waals surface area contributed by atoms with Crippen molar-refractivity contribution >= 4 is 23.4 Å². The van der Waals surface area contributed by atoms with E-state index >= 15 is 0 Å². The van der Waals surface area contributed by atoms with Gasteiger partial charge in [0.1, 0.15) is 5.15 Å². The summed E-state index contributed by atoms with van der Waals surface area (Å²) in [7, 11) is 2.18. The van der Waals surface area contributed by atoms with E-state index in [-0.39, 0.29) is 0 Å². The standard InChI is InChI=1S/C11H15ClN2S/c1-14-6-5-9(7-14)8-15-11-4-2-3-10(12)13-11/h2-4,9H,5-8H2,1H3. The van der Waals surface area contributed by atoms with E-state index in [0.717, 1.165) is 16.7 Å². The number of aromatic nitrogens is 1. The SMILES string of the molecule is CN1CCC(CSc2cccc(Cl)n2)C1. The topological polar surface area (TPSA) is 16.1 Å². The maximum atomic E-state index is 5.83. The first-order chi connectivity index (χ1) is 7.24. The van der Waals surface area contributed by atoms with Crippen LogP contribution in [0.5, 0.6) is 0 Å². The van der Waals surface area contributed by atoms with Crippen LogP contribution in [0.25, 0.3) is 0 Å². The molecule has 15 heavy (non-hydrogen) atoms. The molecule has 0 spiro atoms.